The predicted molar refractivity (Wildman–Crippen MR) is 77.6 cm³/mol. The summed E-state index contributed by atoms with van der Waals surface area (Å²) in [7, 11) is 1.65. The summed E-state index contributed by atoms with van der Waals surface area (Å²) >= 11 is 0. The molecule has 2 aromatic rings. The molecule has 0 radical (unpaired) electrons. The van der Waals surface area contributed by atoms with Crippen LogP contribution >= 0.6 is 0 Å². The minimum absolute atomic E-state index is 0.467. The van der Waals surface area contributed by atoms with Crippen LogP contribution in [0.15, 0.2) is 24.3 Å². The van der Waals surface area contributed by atoms with E-state index >= 15 is 0 Å². The van der Waals surface area contributed by atoms with Crippen molar-refractivity contribution in [3.05, 3.63) is 29.8 Å². The Morgan fingerprint density at radius 3 is 2.71 bits per heavy atom. The maximum absolute atomic E-state index is 5.78. The third-order valence-electron chi connectivity index (χ3n) is 2.97. The number of aromatic amines is 1. The second-order valence-electron chi connectivity index (χ2n) is 4.53. The van der Waals surface area contributed by atoms with Crippen LogP contribution in [-0.4, -0.2) is 40.9 Å². The minimum Gasteiger partial charge on any atom is -0.497 e. The molecule has 0 amide bonds. The van der Waals surface area contributed by atoms with E-state index < -0.39 is 0 Å². The van der Waals surface area contributed by atoms with Gasteiger partial charge in [-0.05, 0) is 41.0 Å². The molecular weight excluding hydrogens is 272 g/mol. The largest absolute Gasteiger partial charge is 0.497 e. The van der Waals surface area contributed by atoms with Gasteiger partial charge in [0.2, 0.25) is 0 Å². The van der Waals surface area contributed by atoms with Gasteiger partial charge in [0.25, 0.3) is 5.95 Å². The van der Waals surface area contributed by atoms with Crippen molar-refractivity contribution in [3.63, 3.8) is 0 Å². The number of anilines is 1. The van der Waals surface area contributed by atoms with E-state index in [0.717, 1.165) is 24.2 Å². The summed E-state index contributed by atoms with van der Waals surface area (Å²) in [4.78, 5) is 0. The maximum atomic E-state index is 5.78. The van der Waals surface area contributed by atoms with Crippen LogP contribution in [0.4, 0.5) is 5.95 Å². The Morgan fingerprint density at radius 1 is 1.24 bits per heavy atom. The fourth-order valence-corrected chi connectivity index (χ4v) is 1.78. The zero-order valence-corrected chi connectivity index (χ0v) is 12.0. The smallest absolute Gasteiger partial charge is 0.257 e. The van der Waals surface area contributed by atoms with E-state index in [0.29, 0.717) is 25.7 Å². The molecule has 0 saturated heterocycles. The lowest BCUT2D eigenvalue weighted by atomic mass is 10.2. The predicted octanol–water partition coefficient (Wildman–Crippen LogP) is 0.885. The third kappa shape index (κ3) is 5.01. The zero-order valence-electron chi connectivity index (χ0n) is 12.0. The molecule has 21 heavy (non-hydrogen) atoms. The summed E-state index contributed by atoms with van der Waals surface area (Å²) in [5.41, 5.74) is 1.13. The SMILES string of the molecule is COc1ccc(COCCCCN(N)c2nnn[nH]2)cc1. The van der Waals surface area contributed by atoms with Crippen LogP contribution in [0.1, 0.15) is 18.4 Å². The number of hydrazine groups is 1. The molecule has 0 spiro atoms. The van der Waals surface area contributed by atoms with E-state index in [1.54, 1.807) is 7.11 Å². The minimum atomic E-state index is 0.467. The fraction of sp³-hybridized carbons (Fsp3) is 0.462. The molecule has 0 aliphatic carbocycles. The molecule has 0 atom stereocenters. The Labute approximate surface area is 123 Å². The number of methoxy groups -OCH3 is 1. The highest BCUT2D eigenvalue weighted by molar-refractivity contribution is 5.26. The normalized spacial score (nSPS) is 10.6. The number of benzene rings is 1. The summed E-state index contributed by atoms with van der Waals surface area (Å²) in [6.07, 6.45) is 1.82. The first-order chi connectivity index (χ1) is 10.3. The molecule has 1 aromatic heterocycles. The van der Waals surface area contributed by atoms with Gasteiger partial charge in [0, 0.05) is 13.2 Å². The molecule has 8 nitrogen and oxygen atoms in total. The lowest BCUT2D eigenvalue weighted by Crippen LogP contribution is -2.33. The Hall–Kier alpha value is -2.19. The Bertz CT molecular complexity index is 502. The molecule has 114 valence electrons. The Morgan fingerprint density at radius 2 is 2.05 bits per heavy atom. The van der Waals surface area contributed by atoms with Crippen LogP contribution in [0.3, 0.4) is 0 Å². The summed E-state index contributed by atoms with van der Waals surface area (Å²) < 4.78 is 10.7. The van der Waals surface area contributed by atoms with Crippen LogP contribution in [0, 0.1) is 0 Å². The average molecular weight is 292 g/mol. The van der Waals surface area contributed by atoms with Crippen molar-refractivity contribution in [1.82, 2.24) is 20.6 Å². The average Bonchev–Trinajstić information content (AvgIpc) is 3.05. The van der Waals surface area contributed by atoms with Crippen molar-refractivity contribution in [2.45, 2.75) is 19.4 Å². The summed E-state index contributed by atoms with van der Waals surface area (Å²) in [6, 6.07) is 7.85. The summed E-state index contributed by atoms with van der Waals surface area (Å²) in [5.74, 6) is 7.10. The van der Waals surface area contributed by atoms with Gasteiger partial charge < -0.3 is 9.47 Å². The number of ether oxygens (including phenoxy) is 2. The number of nitrogens with zero attached hydrogens (tertiary/aromatic N) is 4. The van der Waals surface area contributed by atoms with Gasteiger partial charge in [-0.2, -0.15) is 0 Å². The van der Waals surface area contributed by atoms with E-state index in [1.165, 1.54) is 5.01 Å². The number of nitrogens with one attached hydrogen (secondary N) is 1. The first kappa shape index (κ1) is 15.2. The van der Waals surface area contributed by atoms with Gasteiger partial charge in [-0.25, -0.2) is 10.9 Å². The Balaban J connectivity index is 1.55. The quantitative estimate of drug-likeness (QED) is 0.402. The van der Waals surface area contributed by atoms with Crippen LogP contribution in [0.25, 0.3) is 0 Å². The van der Waals surface area contributed by atoms with E-state index in [1.807, 2.05) is 24.3 Å². The van der Waals surface area contributed by atoms with Crippen molar-refractivity contribution in [3.8, 4) is 5.75 Å². The van der Waals surface area contributed by atoms with Gasteiger partial charge in [-0.1, -0.05) is 17.2 Å². The topological polar surface area (TPSA) is 102 Å². The Kier molecular flexibility index (Phi) is 5.92. The van der Waals surface area contributed by atoms with Gasteiger partial charge in [0.1, 0.15) is 5.75 Å². The van der Waals surface area contributed by atoms with Gasteiger partial charge in [-0.3, -0.25) is 5.01 Å². The second-order valence-corrected chi connectivity index (χ2v) is 4.53. The van der Waals surface area contributed by atoms with Crippen molar-refractivity contribution >= 4 is 5.95 Å². The van der Waals surface area contributed by atoms with Crippen LogP contribution in [0.5, 0.6) is 5.75 Å². The maximum Gasteiger partial charge on any atom is 0.257 e. The molecule has 1 heterocycles. The van der Waals surface area contributed by atoms with Gasteiger partial charge in [0.05, 0.1) is 13.7 Å². The molecule has 0 fully saturated rings. The van der Waals surface area contributed by atoms with E-state index in [-0.39, 0.29) is 0 Å². The van der Waals surface area contributed by atoms with Crippen LogP contribution in [-0.2, 0) is 11.3 Å². The highest BCUT2D eigenvalue weighted by Crippen LogP contribution is 2.12. The lowest BCUT2D eigenvalue weighted by Gasteiger charge is -2.13. The van der Waals surface area contributed by atoms with Crippen LogP contribution < -0.4 is 15.6 Å². The number of hydrogen-bond donors (Lipinski definition) is 2. The van der Waals surface area contributed by atoms with Crippen LogP contribution in [0.2, 0.25) is 0 Å². The first-order valence-electron chi connectivity index (χ1n) is 6.76. The molecule has 2 rings (SSSR count). The molecule has 0 unspecified atom stereocenters. The number of hydrogen-bond acceptors (Lipinski definition) is 7. The number of rotatable bonds is 9. The number of nitrogens with two attached hydrogens (primary N) is 1. The van der Waals surface area contributed by atoms with Gasteiger partial charge in [-0.15, -0.1) is 0 Å². The number of unbranched alkanes of at least 4 members (excludes halogenated alkanes) is 1. The second kappa shape index (κ2) is 8.18. The van der Waals surface area contributed by atoms with Crippen molar-refractivity contribution < 1.29 is 9.47 Å². The van der Waals surface area contributed by atoms with Crippen molar-refractivity contribution in [1.29, 1.82) is 0 Å². The van der Waals surface area contributed by atoms with E-state index in [2.05, 4.69) is 20.6 Å². The van der Waals surface area contributed by atoms with E-state index in [4.69, 9.17) is 15.3 Å². The molecule has 0 aliphatic heterocycles. The molecule has 0 saturated carbocycles. The van der Waals surface area contributed by atoms with Crippen molar-refractivity contribution in [2.75, 3.05) is 25.3 Å². The van der Waals surface area contributed by atoms with E-state index in [9.17, 15) is 0 Å². The molecule has 0 bridgehead atoms. The van der Waals surface area contributed by atoms with Crippen molar-refractivity contribution in [2.24, 2.45) is 5.84 Å². The lowest BCUT2D eigenvalue weighted by molar-refractivity contribution is 0.117. The van der Waals surface area contributed by atoms with Gasteiger partial charge in [0.15, 0.2) is 0 Å². The number of aromatic nitrogens is 4. The summed E-state index contributed by atoms with van der Waals surface area (Å²) in [5, 5.41) is 14.8. The molecule has 1 aromatic carbocycles. The standard InChI is InChI=1S/C13H20N6O2/c1-20-12-6-4-11(5-7-12)10-21-9-3-2-8-19(14)13-15-17-18-16-13/h4-7H,2-3,8-10,14H2,1H3,(H,15,16,17,18). The first-order valence-corrected chi connectivity index (χ1v) is 6.76. The highest BCUT2D eigenvalue weighted by atomic mass is 16.5. The fourth-order valence-electron chi connectivity index (χ4n) is 1.78. The molecular formula is C13H20N6O2. The highest BCUT2D eigenvalue weighted by Gasteiger charge is 2.04. The molecule has 3 N–H and O–H groups in total. The monoisotopic (exact) mass is 292 g/mol. The van der Waals surface area contributed by atoms with Gasteiger partial charge >= 0.3 is 0 Å². The number of H-pyrrole nitrogens is 1. The number of tetrazole rings is 1. The zero-order chi connectivity index (χ0) is 14.9. The molecule has 0 aliphatic rings. The summed E-state index contributed by atoms with van der Waals surface area (Å²) in [6.45, 7) is 1.96. The third-order valence-corrected chi connectivity index (χ3v) is 2.97. The molecule has 8 heteroatoms.